The van der Waals surface area contributed by atoms with Gasteiger partial charge < -0.3 is 4.74 Å². The Labute approximate surface area is 168 Å². The number of carbonyl (C=O) groups is 1. The number of hydrogen-bond donors (Lipinski definition) is 0. The second-order valence-corrected chi connectivity index (χ2v) is 7.93. The van der Waals surface area contributed by atoms with Gasteiger partial charge in [-0.2, -0.15) is 0 Å². The number of ether oxygens (including phenoxy) is 1. The van der Waals surface area contributed by atoms with Gasteiger partial charge in [0.15, 0.2) is 5.78 Å². The van der Waals surface area contributed by atoms with Crippen LogP contribution in [0.5, 0.6) is 5.75 Å². The Balaban J connectivity index is 1.89. The molecule has 2 aromatic carbocycles. The summed E-state index contributed by atoms with van der Waals surface area (Å²) in [6.07, 6.45) is 4.57. The second-order valence-electron chi connectivity index (χ2n) is 6.58. The van der Waals surface area contributed by atoms with Crippen molar-refractivity contribution in [2.45, 2.75) is 33.1 Å². The Morgan fingerprint density at radius 1 is 1.31 bits per heavy atom. The van der Waals surface area contributed by atoms with E-state index in [-0.39, 0.29) is 11.7 Å². The molecule has 0 saturated heterocycles. The van der Waals surface area contributed by atoms with Gasteiger partial charge in [-0.3, -0.25) is 4.79 Å². The van der Waals surface area contributed by atoms with Crippen LogP contribution in [0.15, 0.2) is 46.9 Å². The van der Waals surface area contributed by atoms with Crippen LogP contribution in [0.2, 0.25) is 5.02 Å². The third-order valence-electron chi connectivity index (χ3n) is 4.73. The van der Waals surface area contributed by atoms with Crippen molar-refractivity contribution in [1.82, 2.24) is 0 Å². The quantitative estimate of drug-likeness (QED) is 0.519. The van der Waals surface area contributed by atoms with Crippen molar-refractivity contribution < 1.29 is 9.53 Å². The number of rotatable bonds is 5. The molecule has 0 saturated carbocycles. The molecule has 136 valence electrons. The average Bonchev–Trinajstić information content (AvgIpc) is 2.63. The smallest absolute Gasteiger partial charge is 0.169 e. The van der Waals surface area contributed by atoms with Gasteiger partial charge in [0.25, 0.3) is 0 Å². The highest BCUT2D eigenvalue weighted by Crippen LogP contribution is 2.33. The van der Waals surface area contributed by atoms with E-state index >= 15 is 0 Å². The molecule has 0 amide bonds. The SMILES string of the molecule is C/C=C(/C(=O)C1COc2ccc(Cl)cc2C1)c1ccc(Br)cc1CCC. The molecule has 1 atom stereocenters. The van der Waals surface area contributed by atoms with Crippen LogP contribution in [0.25, 0.3) is 5.57 Å². The summed E-state index contributed by atoms with van der Waals surface area (Å²) in [5.74, 6) is 0.777. The predicted molar refractivity (Wildman–Crippen MR) is 111 cm³/mol. The molecule has 26 heavy (non-hydrogen) atoms. The van der Waals surface area contributed by atoms with Gasteiger partial charge in [-0.1, -0.05) is 53.0 Å². The van der Waals surface area contributed by atoms with Gasteiger partial charge in [0, 0.05) is 15.1 Å². The van der Waals surface area contributed by atoms with E-state index in [1.165, 1.54) is 5.56 Å². The first kappa shape index (κ1) is 19.2. The Kier molecular flexibility index (Phi) is 6.20. The molecule has 1 unspecified atom stereocenters. The van der Waals surface area contributed by atoms with E-state index in [0.29, 0.717) is 18.1 Å². The van der Waals surface area contributed by atoms with Gasteiger partial charge in [0.2, 0.25) is 0 Å². The summed E-state index contributed by atoms with van der Waals surface area (Å²) in [6.45, 7) is 4.49. The number of hydrogen-bond acceptors (Lipinski definition) is 2. The minimum Gasteiger partial charge on any atom is -0.493 e. The number of ketones is 1. The number of fused-ring (bicyclic) bond motifs is 1. The van der Waals surface area contributed by atoms with E-state index in [9.17, 15) is 4.79 Å². The van der Waals surface area contributed by atoms with Gasteiger partial charge >= 0.3 is 0 Å². The fourth-order valence-electron chi connectivity index (χ4n) is 3.48. The summed E-state index contributed by atoms with van der Waals surface area (Å²) in [5, 5.41) is 0.671. The number of carbonyl (C=O) groups excluding carboxylic acids is 1. The van der Waals surface area contributed by atoms with Crippen molar-refractivity contribution in [1.29, 1.82) is 0 Å². The first-order valence-electron chi connectivity index (χ1n) is 8.94. The summed E-state index contributed by atoms with van der Waals surface area (Å²) in [6, 6.07) is 11.7. The van der Waals surface area contributed by atoms with Crippen molar-refractivity contribution in [3.8, 4) is 5.75 Å². The average molecular weight is 434 g/mol. The first-order chi connectivity index (χ1) is 12.5. The summed E-state index contributed by atoms with van der Waals surface area (Å²) < 4.78 is 6.86. The zero-order valence-electron chi connectivity index (χ0n) is 15.0. The fourth-order valence-corrected chi connectivity index (χ4v) is 4.09. The van der Waals surface area contributed by atoms with Crippen LogP contribution >= 0.6 is 27.5 Å². The van der Waals surface area contributed by atoms with E-state index in [4.69, 9.17) is 16.3 Å². The van der Waals surface area contributed by atoms with Crippen LogP contribution in [-0.4, -0.2) is 12.4 Å². The highest BCUT2D eigenvalue weighted by Gasteiger charge is 2.29. The maximum absolute atomic E-state index is 13.3. The number of halogens is 2. The normalized spacial score (nSPS) is 16.8. The molecule has 0 aliphatic carbocycles. The van der Waals surface area contributed by atoms with Crippen LogP contribution in [0.3, 0.4) is 0 Å². The Hall–Kier alpha value is -1.58. The minimum absolute atomic E-state index is 0.137. The van der Waals surface area contributed by atoms with Crippen molar-refractivity contribution in [3.63, 3.8) is 0 Å². The molecule has 3 rings (SSSR count). The summed E-state index contributed by atoms with van der Waals surface area (Å²) >= 11 is 9.64. The predicted octanol–water partition coefficient (Wildman–Crippen LogP) is 6.28. The van der Waals surface area contributed by atoms with Gasteiger partial charge in [0.1, 0.15) is 5.75 Å². The summed E-state index contributed by atoms with van der Waals surface area (Å²) in [4.78, 5) is 13.3. The topological polar surface area (TPSA) is 26.3 Å². The van der Waals surface area contributed by atoms with E-state index < -0.39 is 0 Å². The number of benzene rings is 2. The molecular weight excluding hydrogens is 412 g/mol. The van der Waals surface area contributed by atoms with Gasteiger partial charge in [-0.05, 0) is 66.8 Å². The van der Waals surface area contributed by atoms with Gasteiger partial charge in [-0.25, -0.2) is 0 Å². The number of allylic oxidation sites excluding steroid dienone is 2. The fraction of sp³-hybridized carbons (Fsp3) is 0.318. The molecule has 0 fully saturated rings. The molecule has 4 heteroatoms. The third-order valence-corrected chi connectivity index (χ3v) is 5.46. The van der Waals surface area contributed by atoms with E-state index in [2.05, 4.69) is 28.9 Å². The van der Waals surface area contributed by atoms with E-state index in [0.717, 1.165) is 39.8 Å². The molecule has 0 N–H and O–H groups in total. The Morgan fingerprint density at radius 3 is 2.85 bits per heavy atom. The van der Waals surface area contributed by atoms with Crippen LogP contribution in [0, 0.1) is 5.92 Å². The molecule has 0 radical (unpaired) electrons. The molecule has 2 aromatic rings. The molecular formula is C22H22BrClO2. The lowest BCUT2D eigenvalue weighted by atomic mass is 9.85. The van der Waals surface area contributed by atoms with Crippen molar-refractivity contribution in [2.24, 2.45) is 5.92 Å². The summed E-state index contributed by atoms with van der Waals surface area (Å²) in [5.41, 5.74) is 4.00. The standard InChI is InChI=1S/C22H22BrClO2/c1-3-5-14-11-17(23)6-8-20(14)19(4-2)22(25)16-10-15-12-18(24)7-9-21(15)26-13-16/h4,6-9,11-12,16H,3,5,10,13H2,1-2H3/b19-4+. The van der Waals surface area contributed by atoms with Crippen molar-refractivity contribution in [3.05, 3.63) is 68.7 Å². The van der Waals surface area contributed by atoms with Crippen LogP contribution in [-0.2, 0) is 17.6 Å². The minimum atomic E-state index is -0.190. The summed E-state index contributed by atoms with van der Waals surface area (Å²) in [7, 11) is 0. The molecule has 1 heterocycles. The molecule has 1 aliphatic rings. The van der Waals surface area contributed by atoms with Crippen LogP contribution < -0.4 is 4.74 Å². The largest absolute Gasteiger partial charge is 0.493 e. The maximum atomic E-state index is 13.3. The first-order valence-corrected chi connectivity index (χ1v) is 10.1. The van der Waals surface area contributed by atoms with Crippen LogP contribution in [0.1, 0.15) is 37.0 Å². The molecule has 2 nitrogen and oxygen atoms in total. The molecule has 0 bridgehead atoms. The van der Waals surface area contributed by atoms with Crippen molar-refractivity contribution >= 4 is 38.9 Å². The van der Waals surface area contributed by atoms with Crippen LogP contribution in [0.4, 0.5) is 0 Å². The third kappa shape index (κ3) is 4.05. The lowest BCUT2D eigenvalue weighted by Crippen LogP contribution is -2.29. The van der Waals surface area contributed by atoms with Gasteiger partial charge in [0.05, 0.1) is 12.5 Å². The maximum Gasteiger partial charge on any atom is 0.169 e. The molecule has 1 aliphatic heterocycles. The second kappa shape index (κ2) is 8.41. The zero-order chi connectivity index (χ0) is 18.7. The number of Topliss-reactive ketones (excluding diaryl/α,β-unsaturated/α-hetero) is 1. The Bertz CT molecular complexity index is 857. The lowest BCUT2D eigenvalue weighted by Gasteiger charge is -2.26. The number of aryl methyl sites for hydroxylation is 1. The monoisotopic (exact) mass is 432 g/mol. The van der Waals surface area contributed by atoms with E-state index in [1.54, 1.807) is 0 Å². The lowest BCUT2D eigenvalue weighted by molar-refractivity contribution is -0.118. The highest BCUT2D eigenvalue weighted by atomic mass is 79.9. The molecule has 0 aromatic heterocycles. The van der Waals surface area contributed by atoms with Crippen molar-refractivity contribution in [2.75, 3.05) is 6.61 Å². The Morgan fingerprint density at radius 2 is 2.12 bits per heavy atom. The molecule has 0 spiro atoms. The van der Waals surface area contributed by atoms with Gasteiger partial charge in [-0.15, -0.1) is 0 Å². The zero-order valence-corrected chi connectivity index (χ0v) is 17.4. The highest BCUT2D eigenvalue weighted by molar-refractivity contribution is 9.10. The van der Waals surface area contributed by atoms with E-state index in [1.807, 2.05) is 43.3 Å².